The molecular formula is C6H6N3O2S. The highest BCUT2D eigenvalue weighted by Crippen LogP contribution is 2.02. The van der Waals surface area contributed by atoms with Crippen LogP contribution in [0.2, 0.25) is 0 Å². The first-order valence-electron chi connectivity index (χ1n) is 3.23. The highest BCUT2D eigenvalue weighted by Gasteiger charge is 2.07. The fourth-order valence-corrected chi connectivity index (χ4v) is 0.986. The summed E-state index contributed by atoms with van der Waals surface area (Å²) in [5, 5.41) is 11.1. The maximum Gasteiger partial charge on any atom is 0.260 e. The molecule has 0 saturated heterocycles. The van der Waals surface area contributed by atoms with Gasteiger partial charge < -0.3 is 4.84 Å². The van der Waals surface area contributed by atoms with Crippen molar-refractivity contribution in [2.45, 2.75) is 6.92 Å². The Balaban J connectivity index is 2.76. The van der Waals surface area contributed by atoms with Gasteiger partial charge in [-0.15, -0.1) is 10.2 Å². The normalized spacial score (nSPS) is 11.2. The second kappa shape index (κ2) is 4.55. The van der Waals surface area contributed by atoms with Crippen molar-refractivity contribution < 1.29 is 9.63 Å². The Morgan fingerprint density at radius 3 is 3.25 bits per heavy atom. The molecule has 0 aliphatic heterocycles. The fraction of sp³-hybridized carbons (Fsp3) is 0.333. The molecule has 0 N–H and O–H groups in total. The lowest BCUT2D eigenvalue weighted by atomic mass is 10.4. The number of hydrogen-bond acceptors (Lipinski definition) is 6. The smallest absolute Gasteiger partial charge is 0.260 e. The molecule has 63 valence electrons. The zero-order chi connectivity index (χ0) is 8.81. The molecule has 1 aromatic rings. The van der Waals surface area contributed by atoms with Crippen molar-refractivity contribution in [1.82, 2.24) is 10.2 Å². The van der Waals surface area contributed by atoms with Gasteiger partial charge >= 0.3 is 0 Å². The zero-order valence-electron chi connectivity index (χ0n) is 6.35. The molecule has 1 radical (unpaired) electrons. The van der Waals surface area contributed by atoms with Gasteiger partial charge in [0.05, 0.1) is 0 Å². The lowest BCUT2D eigenvalue weighted by Gasteiger charge is -1.91. The van der Waals surface area contributed by atoms with Gasteiger partial charge in [0.1, 0.15) is 12.1 Å². The summed E-state index contributed by atoms with van der Waals surface area (Å²) < 4.78 is 0. The summed E-state index contributed by atoms with van der Waals surface area (Å²) in [5.74, 6) is 0. The first-order chi connectivity index (χ1) is 5.88. The van der Waals surface area contributed by atoms with Crippen LogP contribution in [0.15, 0.2) is 10.7 Å². The van der Waals surface area contributed by atoms with Crippen molar-refractivity contribution in [3.63, 3.8) is 0 Å². The predicted molar refractivity (Wildman–Crippen MR) is 43.8 cm³/mol. The number of carbonyl (C=O) groups excluding carboxylic acids is 1. The number of oxime groups is 1. The van der Waals surface area contributed by atoms with Crippen LogP contribution in [-0.4, -0.2) is 28.8 Å². The molecule has 0 unspecified atom stereocenters. The third-order valence-corrected chi connectivity index (χ3v) is 1.64. The van der Waals surface area contributed by atoms with Crippen LogP contribution in [0.5, 0.6) is 0 Å². The molecule has 0 aromatic carbocycles. The first-order valence-corrected chi connectivity index (χ1v) is 4.11. The fourth-order valence-electron chi connectivity index (χ4n) is 0.507. The van der Waals surface area contributed by atoms with Gasteiger partial charge in [-0.05, 0) is 6.92 Å². The van der Waals surface area contributed by atoms with Gasteiger partial charge in [-0.3, -0.25) is 4.79 Å². The van der Waals surface area contributed by atoms with E-state index in [0.29, 0.717) is 11.6 Å². The summed E-state index contributed by atoms with van der Waals surface area (Å²) in [6.07, 6.45) is 1.62. The Labute approximate surface area is 73.1 Å². The standard InChI is InChI=1S/C6H6N3O2S/c1-2-11-9-5(3-10)6-8-7-4-12-6/h4H,2H2,1H3/b9-5+. The average Bonchev–Trinajstić information content (AvgIpc) is 2.59. The molecule has 0 aliphatic carbocycles. The number of aromatic nitrogens is 2. The summed E-state index contributed by atoms with van der Waals surface area (Å²) in [7, 11) is 0. The van der Waals surface area contributed by atoms with Crippen molar-refractivity contribution in [2.75, 3.05) is 6.61 Å². The summed E-state index contributed by atoms with van der Waals surface area (Å²) in [4.78, 5) is 15.0. The van der Waals surface area contributed by atoms with Gasteiger partial charge in [-0.1, -0.05) is 16.5 Å². The Hall–Kier alpha value is -1.30. The molecule has 0 fully saturated rings. The molecule has 1 rings (SSSR count). The summed E-state index contributed by atoms with van der Waals surface area (Å²) in [5.41, 5.74) is 1.56. The quantitative estimate of drug-likeness (QED) is 0.501. The third kappa shape index (κ3) is 2.09. The van der Waals surface area contributed by atoms with Gasteiger partial charge in [-0.25, -0.2) is 0 Å². The highest BCUT2D eigenvalue weighted by atomic mass is 32.1. The van der Waals surface area contributed by atoms with Crippen molar-refractivity contribution in [1.29, 1.82) is 0 Å². The van der Waals surface area contributed by atoms with Crippen LogP contribution >= 0.6 is 11.3 Å². The van der Waals surface area contributed by atoms with Crippen molar-refractivity contribution in [3.8, 4) is 0 Å². The second-order valence-corrected chi connectivity index (χ2v) is 2.54. The predicted octanol–water partition coefficient (Wildman–Crippen LogP) is 0.388. The first kappa shape index (κ1) is 8.79. The summed E-state index contributed by atoms with van der Waals surface area (Å²) >= 11 is 1.21. The Morgan fingerprint density at radius 2 is 2.75 bits per heavy atom. The zero-order valence-corrected chi connectivity index (χ0v) is 7.17. The molecule has 0 aliphatic rings. The maximum absolute atomic E-state index is 10.3. The van der Waals surface area contributed by atoms with Gasteiger partial charge in [0, 0.05) is 0 Å². The highest BCUT2D eigenvalue weighted by molar-refractivity contribution is 7.12. The van der Waals surface area contributed by atoms with E-state index in [1.54, 1.807) is 13.2 Å². The van der Waals surface area contributed by atoms with E-state index in [-0.39, 0.29) is 5.71 Å². The molecular weight excluding hydrogens is 178 g/mol. The number of hydrogen-bond donors (Lipinski definition) is 0. The molecule has 1 heterocycles. The van der Waals surface area contributed by atoms with E-state index in [2.05, 4.69) is 20.2 Å². The van der Waals surface area contributed by atoms with Crippen LogP contribution in [-0.2, 0) is 9.63 Å². The third-order valence-electron chi connectivity index (χ3n) is 0.944. The van der Waals surface area contributed by atoms with Crippen molar-refractivity contribution in [3.05, 3.63) is 10.5 Å². The lowest BCUT2D eigenvalue weighted by molar-refractivity contribution is 0.159. The van der Waals surface area contributed by atoms with Crippen molar-refractivity contribution in [2.24, 2.45) is 5.16 Å². The Bertz CT molecular complexity index is 270. The van der Waals surface area contributed by atoms with Crippen molar-refractivity contribution >= 4 is 23.3 Å². The second-order valence-electron chi connectivity index (χ2n) is 1.70. The Kier molecular flexibility index (Phi) is 3.34. The van der Waals surface area contributed by atoms with E-state index in [9.17, 15) is 4.79 Å². The molecule has 1 aromatic heterocycles. The van der Waals surface area contributed by atoms with Gasteiger partial charge in [0.25, 0.3) is 6.29 Å². The summed E-state index contributed by atoms with van der Waals surface area (Å²) in [6, 6.07) is 0. The lowest BCUT2D eigenvalue weighted by Crippen LogP contribution is -2.02. The largest absolute Gasteiger partial charge is 0.395 e. The minimum atomic E-state index is 0.0550. The SMILES string of the molecule is CCO/N=C(\[C]=O)c1nncs1. The minimum absolute atomic E-state index is 0.0550. The van der Waals surface area contributed by atoms with Gasteiger partial charge in [-0.2, -0.15) is 0 Å². The van der Waals surface area contributed by atoms with E-state index < -0.39 is 0 Å². The van der Waals surface area contributed by atoms with Gasteiger partial charge in [0.2, 0.25) is 0 Å². The molecule has 5 nitrogen and oxygen atoms in total. The van der Waals surface area contributed by atoms with E-state index in [0.717, 1.165) is 0 Å². The molecule has 0 bridgehead atoms. The molecule has 0 spiro atoms. The molecule has 0 atom stereocenters. The summed E-state index contributed by atoms with van der Waals surface area (Å²) in [6.45, 7) is 2.18. The van der Waals surface area contributed by atoms with E-state index >= 15 is 0 Å². The van der Waals surface area contributed by atoms with Crippen LogP contribution in [0.25, 0.3) is 0 Å². The van der Waals surface area contributed by atoms with E-state index in [4.69, 9.17) is 0 Å². The van der Waals surface area contributed by atoms with E-state index in [1.807, 2.05) is 0 Å². The minimum Gasteiger partial charge on any atom is -0.395 e. The monoisotopic (exact) mass is 184 g/mol. The number of rotatable bonds is 4. The van der Waals surface area contributed by atoms with Gasteiger partial charge in [0.15, 0.2) is 10.7 Å². The molecule has 0 amide bonds. The molecule has 0 saturated carbocycles. The van der Waals surface area contributed by atoms with E-state index in [1.165, 1.54) is 16.8 Å². The van der Waals surface area contributed by atoms with Crippen LogP contribution in [0.3, 0.4) is 0 Å². The van der Waals surface area contributed by atoms with Crippen LogP contribution < -0.4 is 0 Å². The Morgan fingerprint density at radius 1 is 1.92 bits per heavy atom. The molecule has 6 heteroatoms. The van der Waals surface area contributed by atoms with Crippen LogP contribution in [0.1, 0.15) is 11.9 Å². The average molecular weight is 184 g/mol. The molecule has 12 heavy (non-hydrogen) atoms. The van der Waals surface area contributed by atoms with Crippen LogP contribution in [0.4, 0.5) is 0 Å². The number of nitrogens with zero attached hydrogens (tertiary/aromatic N) is 3. The maximum atomic E-state index is 10.3. The van der Waals surface area contributed by atoms with Crippen LogP contribution in [0, 0.1) is 0 Å². The topological polar surface area (TPSA) is 64.4 Å².